The van der Waals surface area contributed by atoms with Gasteiger partial charge in [0.1, 0.15) is 0 Å². The summed E-state index contributed by atoms with van der Waals surface area (Å²) in [4.78, 5) is 10.7. The smallest absolute Gasteiger partial charge is 0.305 e. The highest BCUT2D eigenvalue weighted by atomic mass is 32.2. The number of rotatable bonds is 5. The predicted octanol–water partition coefficient (Wildman–Crippen LogP) is 2.10. The molecule has 0 fully saturated rings. The number of nitrogens with zero attached hydrogens (tertiary/aromatic N) is 1. The Hall–Kier alpha value is -1.56. The molecule has 0 aromatic heterocycles. The predicted molar refractivity (Wildman–Crippen MR) is 74.7 cm³/mol. The van der Waals surface area contributed by atoms with Gasteiger partial charge in [-0.3, -0.25) is 9.10 Å². The second kappa shape index (κ2) is 5.61. The molecule has 0 heterocycles. The molecule has 0 spiro atoms. The van der Waals surface area contributed by atoms with Crippen molar-refractivity contribution in [2.45, 2.75) is 31.9 Å². The lowest BCUT2D eigenvalue weighted by atomic mass is 10.3. The van der Waals surface area contributed by atoms with Crippen LogP contribution in [0.3, 0.4) is 0 Å². The van der Waals surface area contributed by atoms with E-state index in [0.717, 1.165) is 0 Å². The van der Waals surface area contributed by atoms with Crippen LogP contribution in [0, 0.1) is 0 Å². The fraction of sp³-hybridized carbons (Fsp3) is 0.462. The highest BCUT2D eigenvalue weighted by Gasteiger charge is 2.35. The number of anilines is 1. The molecule has 0 aliphatic rings. The zero-order valence-corrected chi connectivity index (χ0v) is 12.1. The lowest BCUT2D eigenvalue weighted by Gasteiger charge is -2.31. The Morgan fingerprint density at radius 3 is 2.16 bits per heavy atom. The van der Waals surface area contributed by atoms with Crippen molar-refractivity contribution in [3.63, 3.8) is 0 Å². The van der Waals surface area contributed by atoms with Gasteiger partial charge in [0.2, 0.25) is 10.0 Å². The van der Waals surface area contributed by atoms with Crippen LogP contribution < -0.4 is 4.31 Å². The van der Waals surface area contributed by atoms with Crippen LogP contribution in [0.2, 0.25) is 0 Å². The average molecular weight is 285 g/mol. The molecule has 1 aromatic carbocycles. The first-order valence-electron chi connectivity index (χ1n) is 5.95. The van der Waals surface area contributed by atoms with E-state index >= 15 is 0 Å². The minimum Gasteiger partial charge on any atom is -0.481 e. The zero-order valence-electron chi connectivity index (χ0n) is 11.3. The van der Waals surface area contributed by atoms with Crippen LogP contribution in [0.4, 0.5) is 5.69 Å². The molecule has 0 saturated heterocycles. The van der Waals surface area contributed by atoms with Crippen molar-refractivity contribution in [1.29, 1.82) is 0 Å². The normalized spacial score (nSPS) is 12.2. The van der Waals surface area contributed by atoms with Gasteiger partial charge in [0.15, 0.2) is 0 Å². The summed E-state index contributed by atoms with van der Waals surface area (Å²) in [7, 11) is -3.62. The number of sulfonamides is 1. The number of para-hydroxylation sites is 1. The van der Waals surface area contributed by atoms with E-state index in [1.54, 1.807) is 51.1 Å². The minimum atomic E-state index is -3.62. The topological polar surface area (TPSA) is 74.7 Å². The summed E-state index contributed by atoms with van der Waals surface area (Å²) in [5.74, 6) is -1.02. The SMILES string of the molecule is CC(C)(C)S(=O)(=O)N(CCC(=O)O)c1ccccc1. The van der Waals surface area contributed by atoms with Crippen molar-refractivity contribution in [3.05, 3.63) is 30.3 Å². The second-order valence-electron chi connectivity index (χ2n) is 5.17. The minimum absolute atomic E-state index is 0.0705. The van der Waals surface area contributed by atoms with Crippen molar-refractivity contribution >= 4 is 21.7 Å². The number of carbonyl (C=O) groups is 1. The lowest BCUT2D eigenvalue weighted by molar-refractivity contribution is -0.136. The third-order valence-corrected chi connectivity index (χ3v) is 5.16. The molecule has 0 atom stereocenters. The first kappa shape index (κ1) is 15.5. The van der Waals surface area contributed by atoms with Crippen molar-refractivity contribution < 1.29 is 18.3 Å². The number of hydrogen-bond acceptors (Lipinski definition) is 3. The van der Waals surface area contributed by atoms with Gasteiger partial charge in [0, 0.05) is 6.54 Å². The Balaban J connectivity index is 3.18. The molecular weight excluding hydrogens is 266 g/mol. The fourth-order valence-electron chi connectivity index (χ4n) is 1.51. The molecule has 0 aliphatic heterocycles. The summed E-state index contributed by atoms with van der Waals surface area (Å²) < 4.78 is 25.2. The van der Waals surface area contributed by atoms with Crippen molar-refractivity contribution in [3.8, 4) is 0 Å². The van der Waals surface area contributed by atoms with Crippen LogP contribution in [0.5, 0.6) is 0 Å². The summed E-state index contributed by atoms with van der Waals surface area (Å²) in [5, 5.41) is 8.76. The maximum atomic E-state index is 12.5. The van der Waals surface area contributed by atoms with Gasteiger partial charge in [-0.25, -0.2) is 8.42 Å². The maximum Gasteiger partial charge on any atom is 0.305 e. The molecular formula is C13H19NO4S. The molecule has 19 heavy (non-hydrogen) atoms. The van der Waals surface area contributed by atoms with E-state index in [4.69, 9.17) is 5.11 Å². The van der Waals surface area contributed by atoms with Gasteiger partial charge in [-0.05, 0) is 32.9 Å². The van der Waals surface area contributed by atoms with Gasteiger partial charge >= 0.3 is 5.97 Å². The molecule has 0 bridgehead atoms. The summed E-state index contributed by atoms with van der Waals surface area (Å²) in [5.41, 5.74) is 0.485. The number of benzene rings is 1. The number of hydrogen-bond donors (Lipinski definition) is 1. The molecule has 5 nitrogen and oxygen atoms in total. The van der Waals surface area contributed by atoms with Crippen molar-refractivity contribution in [2.75, 3.05) is 10.8 Å². The fourth-order valence-corrected chi connectivity index (χ4v) is 2.90. The van der Waals surface area contributed by atoms with E-state index in [-0.39, 0.29) is 13.0 Å². The van der Waals surface area contributed by atoms with Crippen LogP contribution in [0.1, 0.15) is 27.2 Å². The van der Waals surface area contributed by atoms with Crippen LogP contribution in [0.15, 0.2) is 30.3 Å². The van der Waals surface area contributed by atoms with Gasteiger partial charge in [-0.15, -0.1) is 0 Å². The Morgan fingerprint density at radius 1 is 1.21 bits per heavy atom. The number of carboxylic acid groups (broad SMARTS) is 1. The molecule has 0 unspecified atom stereocenters. The van der Waals surface area contributed by atoms with Crippen LogP contribution in [-0.2, 0) is 14.8 Å². The largest absolute Gasteiger partial charge is 0.481 e. The Kier molecular flexibility index (Phi) is 4.57. The van der Waals surface area contributed by atoms with Crippen LogP contribution in [0.25, 0.3) is 0 Å². The zero-order chi connectivity index (χ0) is 14.7. The monoisotopic (exact) mass is 285 g/mol. The summed E-state index contributed by atoms with van der Waals surface area (Å²) in [6, 6.07) is 8.54. The molecule has 0 aliphatic carbocycles. The molecule has 1 rings (SSSR count). The molecule has 1 N–H and O–H groups in total. The van der Waals surface area contributed by atoms with Crippen LogP contribution in [-0.4, -0.2) is 30.8 Å². The quantitative estimate of drug-likeness (QED) is 0.899. The summed E-state index contributed by atoms with van der Waals surface area (Å²) >= 11 is 0. The van der Waals surface area contributed by atoms with Crippen molar-refractivity contribution in [1.82, 2.24) is 0 Å². The number of aliphatic carboxylic acids is 1. The first-order valence-corrected chi connectivity index (χ1v) is 7.39. The molecule has 0 amide bonds. The maximum absolute atomic E-state index is 12.5. The van der Waals surface area contributed by atoms with E-state index in [2.05, 4.69) is 0 Å². The average Bonchev–Trinajstić information content (AvgIpc) is 2.28. The summed E-state index contributed by atoms with van der Waals surface area (Å²) in [6.45, 7) is 4.72. The van der Waals surface area contributed by atoms with E-state index in [1.165, 1.54) is 4.31 Å². The first-order chi connectivity index (χ1) is 8.66. The van der Waals surface area contributed by atoms with Crippen LogP contribution >= 0.6 is 0 Å². The van der Waals surface area contributed by atoms with E-state index in [9.17, 15) is 13.2 Å². The van der Waals surface area contributed by atoms with E-state index < -0.39 is 20.7 Å². The van der Waals surface area contributed by atoms with Gasteiger partial charge in [0.25, 0.3) is 0 Å². The molecule has 0 radical (unpaired) electrons. The Bertz CT molecular complexity index is 532. The third-order valence-electron chi connectivity index (χ3n) is 2.64. The lowest BCUT2D eigenvalue weighted by Crippen LogP contribution is -2.44. The van der Waals surface area contributed by atoms with E-state index in [0.29, 0.717) is 5.69 Å². The number of carboxylic acids is 1. The van der Waals surface area contributed by atoms with Gasteiger partial charge < -0.3 is 5.11 Å². The molecule has 1 aromatic rings. The molecule has 0 saturated carbocycles. The van der Waals surface area contributed by atoms with Gasteiger partial charge in [-0.1, -0.05) is 18.2 Å². The van der Waals surface area contributed by atoms with Gasteiger partial charge in [0.05, 0.1) is 16.9 Å². The second-order valence-corrected chi connectivity index (χ2v) is 7.78. The Labute approximate surface area is 113 Å². The third kappa shape index (κ3) is 3.70. The van der Waals surface area contributed by atoms with E-state index in [1.807, 2.05) is 0 Å². The molecule has 6 heteroatoms. The highest BCUT2D eigenvalue weighted by molar-refractivity contribution is 7.94. The van der Waals surface area contributed by atoms with Gasteiger partial charge in [-0.2, -0.15) is 0 Å². The highest BCUT2D eigenvalue weighted by Crippen LogP contribution is 2.26. The Morgan fingerprint density at radius 2 is 1.74 bits per heavy atom. The molecule has 106 valence electrons. The van der Waals surface area contributed by atoms with Crippen molar-refractivity contribution in [2.24, 2.45) is 0 Å². The summed E-state index contributed by atoms with van der Waals surface area (Å²) in [6.07, 6.45) is -0.232. The standard InChI is InChI=1S/C13H19NO4S/c1-13(2,3)19(17,18)14(10-9-12(15)16)11-7-5-4-6-8-11/h4-8H,9-10H2,1-3H3,(H,15,16).